The second kappa shape index (κ2) is 5.96. The van der Waals surface area contributed by atoms with E-state index in [1.807, 2.05) is 38.1 Å². The van der Waals surface area contributed by atoms with Crippen LogP contribution in [0.4, 0.5) is 4.39 Å². The molecule has 1 atom stereocenters. The Morgan fingerprint density at radius 1 is 1.05 bits per heavy atom. The Bertz CT molecular complexity index is 614. The van der Waals surface area contributed by atoms with Crippen LogP contribution in [-0.2, 0) is 0 Å². The Balaban J connectivity index is 2.49. The molecule has 0 heterocycles. The molecule has 0 N–H and O–H groups in total. The van der Waals surface area contributed by atoms with E-state index in [-0.39, 0.29) is 10.6 Å². The van der Waals surface area contributed by atoms with Gasteiger partial charge in [-0.05, 0) is 43.0 Å². The van der Waals surface area contributed by atoms with Gasteiger partial charge in [0, 0.05) is 5.56 Å². The average Bonchev–Trinajstić information content (AvgIpc) is 2.41. The number of rotatable bonds is 3. The van der Waals surface area contributed by atoms with E-state index >= 15 is 0 Å². The fraction of sp³-hybridized carbons (Fsp3) is 0.294. The smallest absolute Gasteiger partial charge is 0.130 e. The van der Waals surface area contributed by atoms with Gasteiger partial charge in [0.25, 0.3) is 0 Å². The minimum absolute atomic E-state index is 0.152. The fourth-order valence-corrected chi connectivity index (χ4v) is 3.12. The maximum Gasteiger partial charge on any atom is 0.130 e. The quantitative estimate of drug-likeness (QED) is 0.696. The largest absolute Gasteiger partial charge is 0.496 e. The van der Waals surface area contributed by atoms with Gasteiger partial charge in [-0.2, -0.15) is 0 Å². The monoisotopic (exact) mass is 336 g/mol. The topological polar surface area (TPSA) is 9.23 Å². The van der Waals surface area contributed by atoms with E-state index in [1.54, 1.807) is 20.1 Å². The Morgan fingerprint density at radius 2 is 1.65 bits per heavy atom. The molecule has 2 rings (SSSR count). The second-order valence-electron chi connectivity index (χ2n) is 5.03. The molecular formula is C17H18BrFO. The van der Waals surface area contributed by atoms with Crippen molar-refractivity contribution in [2.24, 2.45) is 0 Å². The van der Waals surface area contributed by atoms with Crippen LogP contribution in [0.15, 0.2) is 30.3 Å². The van der Waals surface area contributed by atoms with Crippen molar-refractivity contribution in [3.63, 3.8) is 0 Å². The number of halogens is 2. The number of alkyl halides is 1. The molecule has 0 aromatic heterocycles. The van der Waals surface area contributed by atoms with Crippen LogP contribution in [0, 0.1) is 26.6 Å². The second-order valence-corrected chi connectivity index (χ2v) is 5.94. The summed E-state index contributed by atoms with van der Waals surface area (Å²) in [5.74, 6) is 0.735. The summed E-state index contributed by atoms with van der Waals surface area (Å²) in [6.07, 6.45) is 0. The van der Waals surface area contributed by atoms with Crippen LogP contribution in [0.3, 0.4) is 0 Å². The van der Waals surface area contributed by atoms with Crippen molar-refractivity contribution in [1.82, 2.24) is 0 Å². The first-order chi connectivity index (χ1) is 9.45. The highest BCUT2D eigenvalue weighted by Crippen LogP contribution is 2.36. The summed E-state index contributed by atoms with van der Waals surface area (Å²) < 4.78 is 19.6. The first-order valence-corrected chi connectivity index (χ1v) is 7.41. The molecule has 0 aliphatic heterocycles. The number of aryl methyl sites for hydroxylation is 3. The van der Waals surface area contributed by atoms with E-state index in [0.717, 1.165) is 22.4 Å². The van der Waals surface area contributed by atoms with E-state index in [1.165, 1.54) is 0 Å². The Kier molecular flexibility index (Phi) is 4.48. The van der Waals surface area contributed by atoms with Crippen LogP contribution in [0.25, 0.3) is 0 Å². The molecule has 0 amide bonds. The van der Waals surface area contributed by atoms with E-state index in [0.29, 0.717) is 11.1 Å². The minimum Gasteiger partial charge on any atom is -0.496 e. The molecule has 0 saturated heterocycles. The number of hydrogen-bond acceptors (Lipinski definition) is 1. The molecule has 106 valence electrons. The van der Waals surface area contributed by atoms with Crippen molar-refractivity contribution < 1.29 is 9.13 Å². The molecule has 0 saturated carbocycles. The van der Waals surface area contributed by atoms with Crippen LogP contribution in [-0.4, -0.2) is 7.11 Å². The van der Waals surface area contributed by atoms with Crippen molar-refractivity contribution in [3.8, 4) is 5.75 Å². The van der Waals surface area contributed by atoms with Crippen molar-refractivity contribution in [1.29, 1.82) is 0 Å². The Labute approximate surface area is 127 Å². The van der Waals surface area contributed by atoms with E-state index in [2.05, 4.69) is 15.9 Å². The SMILES string of the molecule is COc1c(C)cc(C(Br)c2cccc(C)c2F)cc1C. The van der Waals surface area contributed by atoms with Gasteiger partial charge in [-0.3, -0.25) is 0 Å². The molecule has 2 aromatic carbocycles. The summed E-state index contributed by atoms with van der Waals surface area (Å²) in [5.41, 5.74) is 4.47. The molecule has 20 heavy (non-hydrogen) atoms. The molecule has 0 bridgehead atoms. The summed E-state index contributed by atoms with van der Waals surface area (Å²) in [6.45, 7) is 5.78. The van der Waals surface area contributed by atoms with Crippen LogP contribution >= 0.6 is 15.9 Å². The first-order valence-electron chi connectivity index (χ1n) is 6.50. The summed E-state index contributed by atoms with van der Waals surface area (Å²) in [5, 5.41) is 0. The molecule has 0 aliphatic carbocycles. The number of methoxy groups -OCH3 is 1. The van der Waals surface area contributed by atoms with Gasteiger partial charge in [-0.25, -0.2) is 4.39 Å². The van der Waals surface area contributed by atoms with Crippen molar-refractivity contribution in [2.45, 2.75) is 25.6 Å². The van der Waals surface area contributed by atoms with Crippen molar-refractivity contribution in [2.75, 3.05) is 7.11 Å². The highest BCUT2D eigenvalue weighted by Gasteiger charge is 2.18. The lowest BCUT2D eigenvalue weighted by atomic mass is 9.98. The van der Waals surface area contributed by atoms with Crippen LogP contribution < -0.4 is 4.74 Å². The highest BCUT2D eigenvalue weighted by molar-refractivity contribution is 9.09. The predicted molar refractivity (Wildman–Crippen MR) is 84.4 cm³/mol. The summed E-state index contributed by atoms with van der Waals surface area (Å²) in [7, 11) is 1.67. The lowest BCUT2D eigenvalue weighted by molar-refractivity contribution is 0.408. The van der Waals surface area contributed by atoms with Gasteiger partial charge in [-0.1, -0.05) is 46.3 Å². The lowest BCUT2D eigenvalue weighted by Crippen LogP contribution is -2.01. The van der Waals surface area contributed by atoms with E-state index in [9.17, 15) is 4.39 Å². The summed E-state index contributed by atoms with van der Waals surface area (Å²) >= 11 is 3.61. The van der Waals surface area contributed by atoms with E-state index < -0.39 is 0 Å². The van der Waals surface area contributed by atoms with Gasteiger partial charge in [-0.15, -0.1) is 0 Å². The molecule has 0 aliphatic rings. The maximum atomic E-state index is 14.2. The van der Waals surface area contributed by atoms with Gasteiger partial charge in [0.1, 0.15) is 11.6 Å². The normalized spacial score (nSPS) is 12.3. The molecule has 1 nitrogen and oxygen atoms in total. The third-order valence-corrected chi connectivity index (χ3v) is 4.50. The predicted octanol–water partition coefficient (Wildman–Crippen LogP) is 5.24. The third kappa shape index (κ3) is 2.73. The zero-order chi connectivity index (χ0) is 14.9. The summed E-state index contributed by atoms with van der Waals surface area (Å²) in [4.78, 5) is -0.161. The van der Waals surface area contributed by atoms with Gasteiger partial charge in [0.2, 0.25) is 0 Å². The molecule has 3 heteroatoms. The van der Waals surface area contributed by atoms with E-state index in [4.69, 9.17) is 4.74 Å². The first kappa shape index (κ1) is 15.0. The van der Waals surface area contributed by atoms with Gasteiger partial charge in [0.15, 0.2) is 0 Å². The van der Waals surface area contributed by atoms with Crippen LogP contribution in [0.5, 0.6) is 5.75 Å². The zero-order valence-electron chi connectivity index (χ0n) is 12.1. The van der Waals surface area contributed by atoms with Crippen molar-refractivity contribution in [3.05, 3.63) is 64.0 Å². The lowest BCUT2D eigenvalue weighted by Gasteiger charge is -2.16. The Hall–Kier alpha value is -1.35. The number of benzene rings is 2. The fourth-order valence-electron chi connectivity index (χ4n) is 2.50. The minimum atomic E-state index is -0.161. The molecular weight excluding hydrogens is 319 g/mol. The maximum absolute atomic E-state index is 14.2. The molecule has 2 aromatic rings. The average molecular weight is 337 g/mol. The number of ether oxygens (including phenoxy) is 1. The molecule has 0 fully saturated rings. The van der Waals surface area contributed by atoms with Crippen LogP contribution in [0.2, 0.25) is 0 Å². The third-order valence-electron chi connectivity index (χ3n) is 3.47. The molecule has 0 spiro atoms. The van der Waals surface area contributed by atoms with Gasteiger partial charge < -0.3 is 4.74 Å². The van der Waals surface area contributed by atoms with Crippen LogP contribution in [0.1, 0.15) is 32.6 Å². The molecule has 0 radical (unpaired) electrons. The standard InChI is InChI=1S/C17H18BrFO/c1-10-6-5-7-14(16(10)19)15(18)13-8-11(2)17(20-4)12(3)9-13/h5-9,15H,1-4H3. The van der Waals surface area contributed by atoms with Gasteiger partial charge >= 0.3 is 0 Å². The Morgan fingerprint density at radius 3 is 2.20 bits per heavy atom. The van der Waals surface area contributed by atoms with Crippen molar-refractivity contribution >= 4 is 15.9 Å². The highest BCUT2D eigenvalue weighted by atomic mass is 79.9. The van der Waals surface area contributed by atoms with Gasteiger partial charge in [0.05, 0.1) is 11.9 Å². The summed E-state index contributed by atoms with van der Waals surface area (Å²) in [6, 6.07) is 9.55. The molecule has 1 unspecified atom stereocenters. The number of hydrogen-bond donors (Lipinski definition) is 0. The zero-order valence-corrected chi connectivity index (χ0v) is 13.7.